The summed E-state index contributed by atoms with van der Waals surface area (Å²) in [6.45, 7) is 3.29. The molecular weight excluding hydrogens is 290 g/mol. The maximum absolute atomic E-state index is 12.1. The summed E-state index contributed by atoms with van der Waals surface area (Å²) in [5.41, 5.74) is 0. The number of nitrogens with zero attached hydrogens (tertiary/aromatic N) is 2. The van der Waals surface area contributed by atoms with Crippen molar-refractivity contribution >= 4 is 23.3 Å². The Morgan fingerprint density at radius 1 is 1.29 bits per heavy atom. The molecule has 2 heterocycles. The van der Waals surface area contributed by atoms with Gasteiger partial charge in [-0.3, -0.25) is 9.69 Å². The van der Waals surface area contributed by atoms with E-state index >= 15 is 0 Å². The number of nitrogens with one attached hydrogen (secondary N) is 1. The topological polar surface area (TPSA) is 72.9 Å². The third-order valence-corrected chi connectivity index (χ3v) is 4.40. The summed E-state index contributed by atoms with van der Waals surface area (Å²) in [7, 11) is 0. The van der Waals surface area contributed by atoms with Gasteiger partial charge in [0.05, 0.1) is 6.54 Å². The third kappa shape index (κ3) is 5.35. The fourth-order valence-corrected chi connectivity index (χ4v) is 3.09. The van der Waals surface area contributed by atoms with E-state index in [4.69, 9.17) is 5.11 Å². The van der Waals surface area contributed by atoms with Crippen molar-refractivity contribution in [3.05, 3.63) is 22.4 Å². The molecule has 1 saturated heterocycles. The van der Waals surface area contributed by atoms with Crippen LogP contribution in [0.1, 0.15) is 11.3 Å². The van der Waals surface area contributed by atoms with Crippen LogP contribution in [0.5, 0.6) is 0 Å². The summed E-state index contributed by atoms with van der Waals surface area (Å²) >= 11 is 1.69. The minimum atomic E-state index is -0.816. The summed E-state index contributed by atoms with van der Waals surface area (Å²) in [5, 5.41) is 13.8. The number of urea groups is 1. The molecule has 2 rings (SSSR count). The normalized spacial score (nSPS) is 16.5. The van der Waals surface area contributed by atoms with Crippen molar-refractivity contribution in [1.29, 1.82) is 0 Å². The molecule has 1 aliphatic rings. The number of thiophene rings is 1. The lowest BCUT2D eigenvalue weighted by Crippen LogP contribution is -2.43. The van der Waals surface area contributed by atoms with Gasteiger partial charge in [0.2, 0.25) is 0 Å². The van der Waals surface area contributed by atoms with E-state index < -0.39 is 5.97 Å². The van der Waals surface area contributed by atoms with E-state index in [1.165, 1.54) is 4.88 Å². The van der Waals surface area contributed by atoms with Crippen LogP contribution in [0.25, 0.3) is 0 Å². The summed E-state index contributed by atoms with van der Waals surface area (Å²) in [5.74, 6) is -0.816. The van der Waals surface area contributed by atoms with Crippen LogP contribution in [0.4, 0.5) is 4.79 Å². The van der Waals surface area contributed by atoms with Gasteiger partial charge in [0.1, 0.15) is 0 Å². The van der Waals surface area contributed by atoms with E-state index in [1.54, 1.807) is 16.2 Å². The van der Waals surface area contributed by atoms with Gasteiger partial charge in [0, 0.05) is 37.6 Å². The van der Waals surface area contributed by atoms with E-state index in [0.29, 0.717) is 26.2 Å². The van der Waals surface area contributed by atoms with Crippen LogP contribution >= 0.6 is 11.3 Å². The lowest BCUT2D eigenvalue weighted by molar-refractivity contribution is -0.138. The van der Waals surface area contributed by atoms with Crippen molar-refractivity contribution < 1.29 is 14.7 Å². The zero-order valence-corrected chi connectivity index (χ0v) is 12.8. The fourth-order valence-electron chi connectivity index (χ4n) is 2.38. The lowest BCUT2D eigenvalue weighted by atomic mass is 10.3. The highest BCUT2D eigenvalue weighted by atomic mass is 32.1. The Morgan fingerprint density at radius 3 is 2.86 bits per heavy atom. The summed E-state index contributed by atoms with van der Waals surface area (Å²) in [6.07, 6.45) is 1.66. The second kappa shape index (κ2) is 7.99. The molecule has 116 valence electrons. The van der Waals surface area contributed by atoms with Gasteiger partial charge >= 0.3 is 12.0 Å². The molecule has 1 aliphatic heterocycles. The quantitative estimate of drug-likeness (QED) is 0.854. The highest BCUT2D eigenvalue weighted by molar-refractivity contribution is 7.09. The number of carbonyl (C=O) groups excluding carboxylic acids is 1. The van der Waals surface area contributed by atoms with Crippen molar-refractivity contribution in [2.45, 2.75) is 12.8 Å². The predicted molar refractivity (Wildman–Crippen MR) is 81.7 cm³/mol. The van der Waals surface area contributed by atoms with Gasteiger partial charge in [0.25, 0.3) is 0 Å². The summed E-state index contributed by atoms with van der Waals surface area (Å²) < 4.78 is 0. The highest BCUT2D eigenvalue weighted by Crippen LogP contribution is 2.08. The summed E-state index contributed by atoms with van der Waals surface area (Å²) in [4.78, 5) is 27.7. The van der Waals surface area contributed by atoms with Crippen LogP contribution < -0.4 is 5.32 Å². The molecular formula is C14H21N3O3S. The Bertz CT molecular complexity index is 464. The minimum Gasteiger partial charge on any atom is -0.480 e. The van der Waals surface area contributed by atoms with Gasteiger partial charge in [-0.25, -0.2) is 4.79 Å². The molecule has 1 aromatic heterocycles. The molecule has 0 spiro atoms. The molecule has 1 aromatic rings. The molecule has 1 fully saturated rings. The molecule has 0 unspecified atom stereocenters. The first-order valence-electron chi connectivity index (χ1n) is 7.14. The molecule has 0 bridgehead atoms. The predicted octanol–water partition coefficient (Wildman–Crippen LogP) is 1.09. The van der Waals surface area contributed by atoms with E-state index in [-0.39, 0.29) is 12.6 Å². The average molecular weight is 311 g/mol. The number of aliphatic carboxylic acids is 1. The molecule has 0 aromatic carbocycles. The number of carbonyl (C=O) groups is 2. The standard InChI is InChI=1S/C14H21N3O3S/c18-13(19)11-16-6-2-7-17(9-8-16)14(20)15-5-4-12-3-1-10-21-12/h1,3,10H,2,4-9,11H2,(H,15,20)(H,18,19). The van der Waals surface area contributed by atoms with Crippen LogP contribution in [0.15, 0.2) is 17.5 Å². The maximum atomic E-state index is 12.1. The molecule has 0 aliphatic carbocycles. The van der Waals surface area contributed by atoms with Gasteiger partial charge in [-0.1, -0.05) is 6.07 Å². The van der Waals surface area contributed by atoms with E-state index in [1.807, 2.05) is 16.3 Å². The molecule has 2 N–H and O–H groups in total. The lowest BCUT2D eigenvalue weighted by Gasteiger charge is -2.21. The highest BCUT2D eigenvalue weighted by Gasteiger charge is 2.19. The first-order valence-corrected chi connectivity index (χ1v) is 8.02. The van der Waals surface area contributed by atoms with Crippen molar-refractivity contribution in [1.82, 2.24) is 15.1 Å². The van der Waals surface area contributed by atoms with Crippen LogP contribution in [0.3, 0.4) is 0 Å². The number of hydrogen-bond acceptors (Lipinski definition) is 4. The first-order chi connectivity index (χ1) is 10.1. The second-order valence-electron chi connectivity index (χ2n) is 5.07. The van der Waals surface area contributed by atoms with Gasteiger partial charge < -0.3 is 15.3 Å². The number of rotatable bonds is 5. The number of carboxylic acid groups (broad SMARTS) is 1. The maximum Gasteiger partial charge on any atom is 0.317 e. The molecule has 7 heteroatoms. The minimum absolute atomic E-state index is 0.0494. The van der Waals surface area contributed by atoms with E-state index in [9.17, 15) is 9.59 Å². The largest absolute Gasteiger partial charge is 0.480 e. The SMILES string of the molecule is O=C(O)CN1CCCN(C(=O)NCCc2cccs2)CC1. The van der Waals surface area contributed by atoms with Crippen LogP contribution in [-0.4, -0.2) is 66.2 Å². The fraction of sp³-hybridized carbons (Fsp3) is 0.571. The second-order valence-corrected chi connectivity index (χ2v) is 6.10. The van der Waals surface area contributed by atoms with Crippen LogP contribution in [0.2, 0.25) is 0 Å². The third-order valence-electron chi connectivity index (χ3n) is 3.46. The van der Waals surface area contributed by atoms with Gasteiger partial charge in [-0.05, 0) is 24.3 Å². The Balaban J connectivity index is 1.71. The zero-order chi connectivity index (χ0) is 15.1. The molecule has 0 radical (unpaired) electrons. The van der Waals surface area contributed by atoms with E-state index in [0.717, 1.165) is 19.4 Å². The molecule has 6 nitrogen and oxygen atoms in total. The molecule has 2 amide bonds. The Morgan fingerprint density at radius 2 is 2.14 bits per heavy atom. The number of carboxylic acids is 1. The monoisotopic (exact) mass is 311 g/mol. The van der Waals surface area contributed by atoms with E-state index in [2.05, 4.69) is 11.4 Å². The Kier molecular flexibility index (Phi) is 6.01. The molecule has 0 atom stereocenters. The number of hydrogen-bond donors (Lipinski definition) is 2. The number of amides is 2. The van der Waals surface area contributed by atoms with Gasteiger partial charge in [0.15, 0.2) is 0 Å². The van der Waals surface area contributed by atoms with Crippen molar-refractivity contribution in [2.24, 2.45) is 0 Å². The smallest absolute Gasteiger partial charge is 0.317 e. The molecule has 21 heavy (non-hydrogen) atoms. The van der Waals surface area contributed by atoms with Crippen LogP contribution in [-0.2, 0) is 11.2 Å². The van der Waals surface area contributed by atoms with Crippen LogP contribution in [0, 0.1) is 0 Å². The average Bonchev–Trinajstić information content (AvgIpc) is 2.84. The Labute approximate surface area is 128 Å². The molecule has 0 saturated carbocycles. The van der Waals surface area contributed by atoms with Crippen molar-refractivity contribution in [2.75, 3.05) is 39.3 Å². The zero-order valence-electron chi connectivity index (χ0n) is 12.0. The Hall–Kier alpha value is -1.60. The summed E-state index contributed by atoms with van der Waals surface area (Å²) in [6, 6.07) is 4.02. The van der Waals surface area contributed by atoms with Crippen molar-refractivity contribution in [3.8, 4) is 0 Å². The first kappa shape index (κ1) is 15.8. The van der Waals surface area contributed by atoms with Crippen molar-refractivity contribution in [3.63, 3.8) is 0 Å². The van der Waals surface area contributed by atoms with Gasteiger partial charge in [-0.2, -0.15) is 0 Å². The van der Waals surface area contributed by atoms with Gasteiger partial charge in [-0.15, -0.1) is 11.3 Å².